The Bertz CT molecular complexity index is 641. The molecule has 1 heterocycles. The van der Waals surface area contributed by atoms with E-state index in [1.165, 1.54) is 19.2 Å². The Kier molecular flexibility index (Phi) is 5.86. The van der Waals surface area contributed by atoms with Gasteiger partial charge in [0.2, 0.25) is 0 Å². The van der Waals surface area contributed by atoms with Crippen LogP contribution in [0.25, 0.3) is 0 Å². The van der Waals surface area contributed by atoms with E-state index in [9.17, 15) is 19.7 Å². The van der Waals surface area contributed by atoms with E-state index < -0.39 is 22.8 Å². The predicted molar refractivity (Wildman–Crippen MR) is 86.8 cm³/mol. The number of carbonyl (C=O) groups excluding carboxylic acids is 2. The topological polar surface area (TPSA) is 103 Å². The Morgan fingerprint density at radius 1 is 1.38 bits per heavy atom. The summed E-state index contributed by atoms with van der Waals surface area (Å²) in [5.41, 5.74) is 0.719. The van der Waals surface area contributed by atoms with E-state index in [4.69, 9.17) is 0 Å². The van der Waals surface area contributed by atoms with Crippen molar-refractivity contribution in [3.63, 3.8) is 0 Å². The summed E-state index contributed by atoms with van der Waals surface area (Å²) in [5.74, 6) is -0.864. The second kappa shape index (κ2) is 7.87. The molecule has 0 unspecified atom stereocenters. The van der Waals surface area contributed by atoms with Crippen molar-refractivity contribution in [1.29, 1.82) is 0 Å². The molecule has 1 atom stereocenters. The Morgan fingerprint density at radius 2 is 2.04 bits per heavy atom. The first-order chi connectivity index (χ1) is 11.4. The molecule has 0 spiro atoms. The molecule has 8 heteroatoms. The summed E-state index contributed by atoms with van der Waals surface area (Å²) in [5, 5.41) is 13.8. The fourth-order valence-electron chi connectivity index (χ4n) is 2.97. The first-order valence-corrected chi connectivity index (χ1v) is 7.89. The SMILES string of the molecule is COC(=O)C[C@@H](C(=O)Nc1ccc(C)cc1[N+](=O)[O-])[NH+]1CCCC1. The molecule has 130 valence electrons. The van der Waals surface area contributed by atoms with Crippen LogP contribution in [0.4, 0.5) is 11.4 Å². The van der Waals surface area contributed by atoms with Crippen molar-refractivity contribution in [2.75, 3.05) is 25.5 Å². The van der Waals surface area contributed by atoms with Gasteiger partial charge in [0.25, 0.3) is 11.6 Å². The smallest absolute Gasteiger partial charge is 0.312 e. The number of methoxy groups -OCH3 is 1. The number of benzene rings is 1. The second-order valence-electron chi connectivity index (χ2n) is 5.97. The summed E-state index contributed by atoms with van der Waals surface area (Å²) in [4.78, 5) is 35.9. The zero-order chi connectivity index (χ0) is 17.7. The number of esters is 1. The number of nitrogens with one attached hydrogen (secondary N) is 2. The summed E-state index contributed by atoms with van der Waals surface area (Å²) in [6, 6.07) is 4.01. The summed E-state index contributed by atoms with van der Waals surface area (Å²) >= 11 is 0. The first-order valence-electron chi connectivity index (χ1n) is 7.89. The quantitative estimate of drug-likeness (QED) is 0.446. The van der Waals surface area contributed by atoms with Gasteiger partial charge < -0.3 is 15.0 Å². The van der Waals surface area contributed by atoms with Gasteiger partial charge in [0.1, 0.15) is 12.1 Å². The van der Waals surface area contributed by atoms with Crippen molar-refractivity contribution in [2.45, 2.75) is 32.2 Å². The molecule has 24 heavy (non-hydrogen) atoms. The highest BCUT2D eigenvalue weighted by molar-refractivity contribution is 5.97. The molecule has 1 saturated heterocycles. The van der Waals surface area contributed by atoms with Gasteiger partial charge in [-0.25, -0.2) is 0 Å². The molecule has 0 aliphatic carbocycles. The molecule has 1 aromatic rings. The molecule has 1 aromatic carbocycles. The molecule has 0 aromatic heterocycles. The summed E-state index contributed by atoms with van der Waals surface area (Å²) in [7, 11) is 1.28. The maximum Gasteiger partial charge on any atom is 0.312 e. The minimum Gasteiger partial charge on any atom is -0.469 e. The molecule has 1 aliphatic heterocycles. The minimum atomic E-state index is -0.610. The number of anilines is 1. The van der Waals surface area contributed by atoms with Gasteiger partial charge >= 0.3 is 5.97 Å². The fourth-order valence-corrected chi connectivity index (χ4v) is 2.97. The summed E-state index contributed by atoms with van der Waals surface area (Å²) < 4.78 is 4.68. The molecule has 1 amide bonds. The summed E-state index contributed by atoms with van der Waals surface area (Å²) in [6.07, 6.45) is 1.94. The monoisotopic (exact) mass is 336 g/mol. The number of hydrogen-bond donors (Lipinski definition) is 2. The van der Waals surface area contributed by atoms with Gasteiger partial charge in [-0.15, -0.1) is 0 Å². The lowest BCUT2D eigenvalue weighted by atomic mass is 10.1. The first kappa shape index (κ1) is 17.9. The van der Waals surface area contributed by atoms with Gasteiger partial charge in [-0.2, -0.15) is 0 Å². The van der Waals surface area contributed by atoms with Gasteiger partial charge in [0.15, 0.2) is 6.04 Å². The van der Waals surface area contributed by atoms with E-state index in [-0.39, 0.29) is 17.8 Å². The van der Waals surface area contributed by atoms with Gasteiger partial charge in [-0.3, -0.25) is 19.7 Å². The van der Waals surface area contributed by atoms with Gasteiger partial charge in [-0.05, 0) is 18.6 Å². The Hall–Kier alpha value is -2.48. The van der Waals surface area contributed by atoms with E-state index in [2.05, 4.69) is 10.1 Å². The number of nitrogens with zero attached hydrogens (tertiary/aromatic N) is 1. The van der Waals surface area contributed by atoms with E-state index in [0.717, 1.165) is 36.4 Å². The number of amides is 1. The van der Waals surface area contributed by atoms with E-state index in [0.29, 0.717) is 0 Å². The van der Waals surface area contributed by atoms with Crippen molar-refractivity contribution in [2.24, 2.45) is 0 Å². The molecule has 2 N–H and O–H groups in total. The van der Waals surface area contributed by atoms with Crippen molar-refractivity contribution < 1.29 is 24.1 Å². The maximum absolute atomic E-state index is 12.6. The minimum absolute atomic E-state index is 0.0443. The zero-order valence-corrected chi connectivity index (χ0v) is 13.8. The highest BCUT2D eigenvalue weighted by Gasteiger charge is 2.35. The molecule has 0 saturated carbocycles. The van der Waals surface area contributed by atoms with Crippen LogP contribution >= 0.6 is 0 Å². The Morgan fingerprint density at radius 3 is 2.62 bits per heavy atom. The lowest BCUT2D eigenvalue weighted by Crippen LogP contribution is -3.15. The van der Waals surface area contributed by atoms with Crippen molar-refractivity contribution in [3.8, 4) is 0 Å². The van der Waals surface area contributed by atoms with E-state index in [1.807, 2.05) is 0 Å². The molecule has 1 aliphatic rings. The van der Waals surface area contributed by atoms with Crippen LogP contribution in [0.1, 0.15) is 24.8 Å². The highest BCUT2D eigenvalue weighted by Crippen LogP contribution is 2.25. The average molecular weight is 336 g/mol. The standard InChI is InChI=1S/C16H21N3O5/c1-11-5-6-12(13(9-11)19(22)23)17-16(21)14(10-15(20)24-2)18-7-3-4-8-18/h5-6,9,14H,3-4,7-8,10H2,1-2H3,(H,17,21)/p+1/t14-/m0/s1. The van der Waals surface area contributed by atoms with Crippen molar-refractivity contribution in [3.05, 3.63) is 33.9 Å². The number of rotatable bonds is 6. The lowest BCUT2D eigenvalue weighted by molar-refractivity contribution is -0.903. The molecule has 2 rings (SSSR count). The second-order valence-corrected chi connectivity index (χ2v) is 5.97. The van der Waals surface area contributed by atoms with Crippen LogP contribution in [0.15, 0.2) is 18.2 Å². The van der Waals surface area contributed by atoms with Crippen molar-refractivity contribution >= 4 is 23.3 Å². The van der Waals surface area contributed by atoms with Crippen LogP contribution in [0, 0.1) is 17.0 Å². The van der Waals surface area contributed by atoms with Crippen LogP contribution in [0.3, 0.4) is 0 Å². The number of ether oxygens (including phenoxy) is 1. The molecule has 8 nitrogen and oxygen atoms in total. The third-order valence-corrected chi connectivity index (χ3v) is 4.26. The number of hydrogen-bond acceptors (Lipinski definition) is 5. The van der Waals surface area contributed by atoms with E-state index >= 15 is 0 Å². The molecule has 0 bridgehead atoms. The predicted octanol–water partition coefficient (Wildman–Crippen LogP) is 0.452. The normalized spacial score (nSPS) is 15.8. The Balaban J connectivity index is 2.20. The van der Waals surface area contributed by atoms with Crippen molar-refractivity contribution in [1.82, 2.24) is 0 Å². The maximum atomic E-state index is 12.6. The Labute approximate surface area is 139 Å². The number of carbonyl (C=O) groups is 2. The van der Waals surface area contributed by atoms with Crippen LogP contribution in [-0.4, -0.2) is 43.0 Å². The van der Waals surface area contributed by atoms with Crippen LogP contribution < -0.4 is 10.2 Å². The molecular formula is C16H22N3O5+. The largest absolute Gasteiger partial charge is 0.469 e. The lowest BCUT2D eigenvalue weighted by Gasteiger charge is -2.22. The van der Waals surface area contributed by atoms with Gasteiger partial charge in [0, 0.05) is 18.9 Å². The van der Waals surface area contributed by atoms with Gasteiger partial charge in [-0.1, -0.05) is 6.07 Å². The molecule has 0 radical (unpaired) electrons. The van der Waals surface area contributed by atoms with Crippen LogP contribution in [-0.2, 0) is 14.3 Å². The third kappa shape index (κ3) is 4.29. The number of nitro groups is 1. The van der Waals surface area contributed by atoms with Crippen LogP contribution in [0.5, 0.6) is 0 Å². The highest BCUT2D eigenvalue weighted by atomic mass is 16.6. The fraction of sp³-hybridized carbons (Fsp3) is 0.500. The van der Waals surface area contributed by atoms with Gasteiger partial charge in [0.05, 0.1) is 25.1 Å². The average Bonchev–Trinajstić information content (AvgIpc) is 3.07. The van der Waals surface area contributed by atoms with E-state index in [1.54, 1.807) is 13.0 Å². The number of quaternary nitrogens is 1. The van der Waals surface area contributed by atoms with Crippen LogP contribution in [0.2, 0.25) is 0 Å². The number of nitro benzene ring substituents is 1. The third-order valence-electron chi connectivity index (χ3n) is 4.26. The number of likely N-dealkylation sites (tertiary alicyclic amines) is 1. The molecule has 1 fully saturated rings. The zero-order valence-electron chi connectivity index (χ0n) is 13.8. The number of aryl methyl sites for hydroxylation is 1. The summed E-state index contributed by atoms with van der Waals surface area (Å²) in [6.45, 7) is 3.34. The molecular weight excluding hydrogens is 314 g/mol.